The van der Waals surface area contributed by atoms with Gasteiger partial charge >= 0.3 is 5.97 Å². The van der Waals surface area contributed by atoms with Crippen LogP contribution in [0.25, 0.3) is 0 Å². The van der Waals surface area contributed by atoms with Gasteiger partial charge in [-0.3, -0.25) is 10.1 Å². The minimum Gasteiger partial charge on any atom is -0.478 e. The number of carboxylic acid groups (broad SMARTS) is 1. The highest BCUT2D eigenvalue weighted by molar-refractivity contribution is 5.95. The number of aromatic nitrogens is 1. The number of nitro groups is 1. The molecule has 0 bridgehead atoms. The average molecular weight is 273 g/mol. The van der Waals surface area contributed by atoms with Gasteiger partial charge in [-0.05, 0) is 25.1 Å². The standard InChI is InChI=1S/C13H11N3O4/c1-8-3-2-4-12(14-8)15-11-6-5-9(16(19)20)7-10(11)13(17)18/h2-7H,1H3,(H,14,15)(H,17,18). The van der Waals surface area contributed by atoms with Crippen molar-refractivity contribution in [2.24, 2.45) is 0 Å². The van der Waals surface area contributed by atoms with Gasteiger partial charge in [-0.15, -0.1) is 0 Å². The Bertz CT molecular complexity index is 685. The van der Waals surface area contributed by atoms with Gasteiger partial charge in [0.1, 0.15) is 5.82 Å². The fourth-order valence-electron chi connectivity index (χ4n) is 1.68. The van der Waals surface area contributed by atoms with E-state index in [0.29, 0.717) is 5.82 Å². The summed E-state index contributed by atoms with van der Waals surface area (Å²) in [6.45, 7) is 1.80. The van der Waals surface area contributed by atoms with E-state index >= 15 is 0 Å². The fourth-order valence-corrected chi connectivity index (χ4v) is 1.68. The van der Waals surface area contributed by atoms with E-state index in [1.807, 2.05) is 0 Å². The summed E-state index contributed by atoms with van der Waals surface area (Å²) in [5.41, 5.74) is 0.572. The number of carboxylic acids is 1. The Balaban J connectivity index is 2.41. The smallest absolute Gasteiger partial charge is 0.338 e. The molecule has 0 amide bonds. The van der Waals surface area contributed by atoms with Crippen LogP contribution in [0.2, 0.25) is 0 Å². The molecule has 1 heterocycles. The maximum absolute atomic E-state index is 11.2. The topological polar surface area (TPSA) is 105 Å². The molecule has 20 heavy (non-hydrogen) atoms. The highest BCUT2D eigenvalue weighted by Gasteiger charge is 2.16. The molecule has 0 aliphatic heterocycles. The summed E-state index contributed by atoms with van der Waals surface area (Å²) in [7, 11) is 0. The molecule has 1 aromatic heterocycles. The predicted octanol–water partition coefficient (Wildman–Crippen LogP) is 2.74. The lowest BCUT2D eigenvalue weighted by Gasteiger charge is -2.09. The number of nitrogens with one attached hydrogen (secondary N) is 1. The highest BCUT2D eigenvalue weighted by atomic mass is 16.6. The van der Waals surface area contributed by atoms with Gasteiger partial charge in [0.25, 0.3) is 5.69 Å². The van der Waals surface area contributed by atoms with Crippen LogP contribution in [0, 0.1) is 17.0 Å². The fraction of sp³-hybridized carbons (Fsp3) is 0.0769. The van der Waals surface area contributed by atoms with Crippen LogP contribution in [0.4, 0.5) is 17.2 Å². The number of hydrogen-bond acceptors (Lipinski definition) is 5. The zero-order chi connectivity index (χ0) is 14.7. The van der Waals surface area contributed by atoms with E-state index in [1.165, 1.54) is 12.1 Å². The molecule has 1 aromatic carbocycles. The first kappa shape index (κ1) is 13.5. The van der Waals surface area contributed by atoms with Crippen molar-refractivity contribution >= 4 is 23.2 Å². The molecule has 0 saturated heterocycles. The Morgan fingerprint density at radius 3 is 2.70 bits per heavy atom. The summed E-state index contributed by atoms with van der Waals surface area (Å²) in [5.74, 6) is -0.773. The lowest BCUT2D eigenvalue weighted by Crippen LogP contribution is -2.05. The monoisotopic (exact) mass is 273 g/mol. The van der Waals surface area contributed by atoms with Crippen molar-refractivity contribution in [3.63, 3.8) is 0 Å². The first-order valence-corrected chi connectivity index (χ1v) is 5.70. The van der Waals surface area contributed by atoms with E-state index in [2.05, 4.69) is 10.3 Å². The number of rotatable bonds is 4. The Morgan fingerprint density at radius 1 is 1.35 bits per heavy atom. The third-order valence-corrected chi connectivity index (χ3v) is 2.60. The highest BCUT2D eigenvalue weighted by Crippen LogP contribution is 2.24. The Hall–Kier alpha value is -2.96. The van der Waals surface area contributed by atoms with Crippen molar-refractivity contribution in [1.29, 1.82) is 0 Å². The molecule has 2 N–H and O–H groups in total. The van der Waals surface area contributed by atoms with E-state index in [1.54, 1.807) is 25.1 Å². The van der Waals surface area contributed by atoms with E-state index in [9.17, 15) is 14.9 Å². The lowest BCUT2D eigenvalue weighted by atomic mass is 10.1. The molecule has 0 aliphatic carbocycles. The Morgan fingerprint density at radius 2 is 2.10 bits per heavy atom. The van der Waals surface area contributed by atoms with E-state index in [4.69, 9.17) is 5.11 Å². The maximum atomic E-state index is 11.2. The van der Waals surface area contributed by atoms with Gasteiger partial charge in [-0.1, -0.05) is 6.07 Å². The molecule has 0 atom stereocenters. The molecule has 0 radical (unpaired) electrons. The van der Waals surface area contributed by atoms with Crippen molar-refractivity contribution in [2.45, 2.75) is 6.92 Å². The summed E-state index contributed by atoms with van der Waals surface area (Å²) < 4.78 is 0. The van der Waals surface area contributed by atoms with Crippen LogP contribution in [-0.4, -0.2) is 21.0 Å². The van der Waals surface area contributed by atoms with Crippen molar-refractivity contribution in [3.8, 4) is 0 Å². The third-order valence-electron chi connectivity index (χ3n) is 2.60. The molecule has 0 fully saturated rings. The van der Waals surface area contributed by atoms with Gasteiger partial charge in [0.2, 0.25) is 0 Å². The average Bonchev–Trinajstić information content (AvgIpc) is 2.38. The molecule has 2 rings (SSSR count). The molecule has 7 heteroatoms. The zero-order valence-electron chi connectivity index (χ0n) is 10.5. The Kier molecular flexibility index (Phi) is 3.60. The van der Waals surface area contributed by atoms with Crippen LogP contribution >= 0.6 is 0 Å². The van der Waals surface area contributed by atoms with Gasteiger partial charge in [0.05, 0.1) is 16.2 Å². The summed E-state index contributed by atoms with van der Waals surface area (Å²) >= 11 is 0. The van der Waals surface area contributed by atoms with Crippen molar-refractivity contribution in [1.82, 2.24) is 4.98 Å². The summed E-state index contributed by atoms with van der Waals surface area (Å²) in [6.07, 6.45) is 0. The minimum atomic E-state index is -1.25. The van der Waals surface area contributed by atoms with Gasteiger partial charge in [0, 0.05) is 17.8 Å². The van der Waals surface area contributed by atoms with Gasteiger partial charge in [-0.25, -0.2) is 9.78 Å². The first-order chi connectivity index (χ1) is 9.47. The second kappa shape index (κ2) is 5.35. The second-order valence-corrected chi connectivity index (χ2v) is 4.08. The number of nitro benzene ring substituents is 1. The molecule has 0 saturated carbocycles. The van der Waals surface area contributed by atoms with E-state index in [0.717, 1.165) is 11.8 Å². The number of pyridine rings is 1. The van der Waals surface area contributed by atoms with Crippen LogP contribution in [0.5, 0.6) is 0 Å². The summed E-state index contributed by atoms with van der Waals surface area (Å²) in [4.78, 5) is 25.4. The van der Waals surface area contributed by atoms with E-state index < -0.39 is 10.9 Å². The number of non-ortho nitro benzene ring substituents is 1. The van der Waals surface area contributed by atoms with E-state index in [-0.39, 0.29) is 16.9 Å². The largest absolute Gasteiger partial charge is 0.478 e. The molecular weight excluding hydrogens is 262 g/mol. The first-order valence-electron chi connectivity index (χ1n) is 5.70. The van der Waals surface area contributed by atoms with Crippen molar-refractivity contribution in [3.05, 3.63) is 57.8 Å². The van der Waals surface area contributed by atoms with Crippen LogP contribution in [-0.2, 0) is 0 Å². The zero-order valence-corrected chi connectivity index (χ0v) is 10.5. The third kappa shape index (κ3) is 2.89. The number of carbonyl (C=O) groups is 1. The van der Waals surface area contributed by atoms with Crippen LogP contribution < -0.4 is 5.32 Å². The molecule has 102 valence electrons. The molecule has 7 nitrogen and oxygen atoms in total. The Labute approximate surface area is 114 Å². The lowest BCUT2D eigenvalue weighted by molar-refractivity contribution is -0.384. The molecule has 0 unspecified atom stereocenters. The number of anilines is 2. The maximum Gasteiger partial charge on any atom is 0.338 e. The quantitative estimate of drug-likeness (QED) is 0.655. The van der Waals surface area contributed by atoms with Gasteiger partial charge in [-0.2, -0.15) is 0 Å². The normalized spacial score (nSPS) is 10.1. The van der Waals surface area contributed by atoms with Crippen molar-refractivity contribution in [2.75, 3.05) is 5.32 Å². The number of nitrogens with zero attached hydrogens (tertiary/aromatic N) is 2. The number of aromatic carboxylic acids is 1. The molecule has 0 spiro atoms. The van der Waals surface area contributed by atoms with Gasteiger partial charge < -0.3 is 10.4 Å². The van der Waals surface area contributed by atoms with Crippen LogP contribution in [0.1, 0.15) is 16.1 Å². The molecule has 2 aromatic rings. The van der Waals surface area contributed by atoms with Crippen LogP contribution in [0.3, 0.4) is 0 Å². The summed E-state index contributed by atoms with van der Waals surface area (Å²) in [5, 5.41) is 22.6. The minimum absolute atomic E-state index is 0.178. The SMILES string of the molecule is Cc1cccc(Nc2ccc([N+](=O)[O-])cc2C(=O)O)n1. The predicted molar refractivity (Wildman–Crippen MR) is 72.3 cm³/mol. The number of hydrogen-bond donors (Lipinski definition) is 2. The summed E-state index contributed by atoms with van der Waals surface area (Å²) in [6, 6.07) is 8.87. The number of aryl methyl sites for hydroxylation is 1. The van der Waals surface area contributed by atoms with Crippen LogP contribution in [0.15, 0.2) is 36.4 Å². The second-order valence-electron chi connectivity index (χ2n) is 4.08. The van der Waals surface area contributed by atoms with Gasteiger partial charge in [0.15, 0.2) is 0 Å². The molecule has 0 aliphatic rings. The van der Waals surface area contributed by atoms with Crippen molar-refractivity contribution < 1.29 is 14.8 Å². The number of benzene rings is 1. The molecular formula is C13H11N3O4.